The highest BCUT2D eigenvalue weighted by atomic mass is 35.5. The minimum absolute atomic E-state index is 0. The van der Waals surface area contributed by atoms with Crippen molar-refractivity contribution in [1.82, 2.24) is 10.2 Å². The molecule has 1 N–H and O–H groups in total. The third-order valence-electron chi connectivity index (χ3n) is 4.43. The summed E-state index contributed by atoms with van der Waals surface area (Å²) in [4.78, 5) is 2.58. The second kappa shape index (κ2) is 6.74. The molecule has 1 aromatic carbocycles. The third kappa shape index (κ3) is 3.95. The Bertz CT molecular complexity index is 378. The van der Waals surface area contributed by atoms with Crippen molar-refractivity contribution in [3.05, 3.63) is 35.4 Å². The van der Waals surface area contributed by atoms with Crippen molar-refractivity contribution in [3.63, 3.8) is 0 Å². The van der Waals surface area contributed by atoms with Gasteiger partial charge in [-0.25, -0.2) is 0 Å². The number of benzene rings is 1. The highest BCUT2D eigenvalue weighted by Crippen LogP contribution is 2.39. The van der Waals surface area contributed by atoms with Crippen LogP contribution in [0.1, 0.15) is 42.7 Å². The normalized spacial score (nSPS) is 21.1. The van der Waals surface area contributed by atoms with E-state index in [1.54, 1.807) is 5.56 Å². The molecule has 0 bridgehead atoms. The molecule has 3 heteroatoms. The van der Waals surface area contributed by atoms with Crippen molar-refractivity contribution in [3.8, 4) is 0 Å². The van der Waals surface area contributed by atoms with Gasteiger partial charge in [-0.3, -0.25) is 4.90 Å². The molecule has 0 unspecified atom stereocenters. The standard InChI is InChI=1S/C16H24N2.ClH/c1-17-16-8-10-18(11-9-16)12-13-2-4-14(5-3-13)15-6-7-15;/h2-5,15-17H,6-12H2,1H3;1H. The van der Waals surface area contributed by atoms with Crippen molar-refractivity contribution in [2.75, 3.05) is 20.1 Å². The van der Waals surface area contributed by atoms with Crippen LogP contribution >= 0.6 is 12.4 Å². The van der Waals surface area contributed by atoms with Crippen LogP contribution in [-0.2, 0) is 6.54 Å². The molecule has 1 heterocycles. The maximum absolute atomic E-state index is 3.39. The van der Waals surface area contributed by atoms with Gasteiger partial charge in [0.15, 0.2) is 0 Å². The first kappa shape index (κ1) is 14.8. The number of likely N-dealkylation sites (tertiary alicyclic amines) is 1. The lowest BCUT2D eigenvalue weighted by Gasteiger charge is -2.31. The van der Waals surface area contributed by atoms with E-state index in [1.165, 1.54) is 44.3 Å². The first-order valence-electron chi connectivity index (χ1n) is 7.33. The molecule has 0 aromatic heterocycles. The minimum atomic E-state index is 0. The van der Waals surface area contributed by atoms with Crippen molar-refractivity contribution >= 4 is 12.4 Å². The zero-order chi connectivity index (χ0) is 12.4. The Balaban J connectivity index is 0.00000133. The molecular weight excluding hydrogens is 256 g/mol. The molecule has 1 aliphatic carbocycles. The first-order chi connectivity index (χ1) is 8.85. The summed E-state index contributed by atoms with van der Waals surface area (Å²) < 4.78 is 0. The van der Waals surface area contributed by atoms with Crippen molar-refractivity contribution < 1.29 is 0 Å². The van der Waals surface area contributed by atoms with Gasteiger partial charge >= 0.3 is 0 Å². The predicted octanol–water partition coefficient (Wildman–Crippen LogP) is 3.17. The van der Waals surface area contributed by atoms with E-state index in [0.29, 0.717) is 0 Å². The van der Waals surface area contributed by atoms with E-state index in [0.717, 1.165) is 18.5 Å². The number of halogens is 1. The highest BCUT2D eigenvalue weighted by Gasteiger charge is 2.23. The van der Waals surface area contributed by atoms with Crippen LogP contribution in [0, 0.1) is 0 Å². The quantitative estimate of drug-likeness (QED) is 0.911. The van der Waals surface area contributed by atoms with Gasteiger partial charge in [-0.2, -0.15) is 0 Å². The van der Waals surface area contributed by atoms with Crippen LogP contribution in [-0.4, -0.2) is 31.1 Å². The summed E-state index contributed by atoms with van der Waals surface area (Å²) in [5.41, 5.74) is 3.02. The van der Waals surface area contributed by atoms with Gasteiger partial charge in [0.2, 0.25) is 0 Å². The van der Waals surface area contributed by atoms with Gasteiger partial charge in [0.25, 0.3) is 0 Å². The summed E-state index contributed by atoms with van der Waals surface area (Å²) in [6.45, 7) is 3.59. The molecule has 0 atom stereocenters. The summed E-state index contributed by atoms with van der Waals surface area (Å²) in [5, 5.41) is 3.39. The lowest BCUT2D eigenvalue weighted by molar-refractivity contribution is 0.194. The Morgan fingerprint density at radius 3 is 2.21 bits per heavy atom. The van der Waals surface area contributed by atoms with E-state index < -0.39 is 0 Å². The van der Waals surface area contributed by atoms with Crippen molar-refractivity contribution in [2.45, 2.75) is 44.2 Å². The molecule has 2 fully saturated rings. The highest BCUT2D eigenvalue weighted by molar-refractivity contribution is 5.85. The van der Waals surface area contributed by atoms with Gasteiger partial charge in [0.05, 0.1) is 0 Å². The van der Waals surface area contributed by atoms with E-state index in [-0.39, 0.29) is 12.4 Å². The van der Waals surface area contributed by atoms with Crippen LogP contribution in [0.5, 0.6) is 0 Å². The van der Waals surface area contributed by atoms with E-state index in [1.807, 2.05) is 0 Å². The predicted molar refractivity (Wildman–Crippen MR) is 83.0 cm³/mol. The Labute approximate surface area is 123 Å². The van der Waals surface area contributed by atoms with Crippen LogP contribution in [0.2, 0.25) is 0 Å². The number of rotatable bonds is 4. The summed E-state index contributed by atoms with van der Waals surface area (Å²) in [7, 11) is 2.08. The summed E-state index contributed by atoms with van der Waals surface area (Å²) >= 11 is 0. The smallest absolute Gasteiger partial charge is 0.0233 e. The van der Waals surface area contributed by atoms with E-state index in [2.05, 4.69) is 41.5 Å². The Hall–Kier alpha value is -0.570. The average Bonchev–Trinajstić information content (AvgIpc) is 3.25. The number of nitrogens with zero attached hydrogens (tertiary/aromatic N) is 1. The monoisotopic (exact) mass is 280 g/mol. The second-order valence-corrected chi connectivity index (χ2v) is 5.85. The van der Waals surface area contributed by atoms with Crippen LogP contribution in [0.15, 0.2) is 24.3 Å². The van der Waals surface area contributed by atoms with Crippen molar-refractivity contribution in [1.29, 1.82) is 0 Å². The van der Waals surface area contributed by atoms with Gasteiger partial charge in [-0.1, -0.05) is 24.3 Å². The number of nitrogens with one attached hydrogen (secondary N) is 1. The molecule has 0 amide bonds. The Kier molecular flexibility index (Phi) is 5.26. The third-order valence-corrected chi connectivity index (χ3v) is 4.43. The fourth-order valence-electron chi connectivity index (χ4n) is 2.95. The maximum atomic E-state index is 3.39. The lowest BCUT2D eigenvalue weighted by atomic mass is 10.0. The largest absolute Gasteiger partial charge is 0.317 e. The molecule has 0 spiro atoms. The molecule has 106 valence electrons. The topological polar surface area (TPSA) is 15.3 Å². The molecule has 1 saturated heterocycles. The zero-order valence-corrected chi connectivity index (χ0v) is 12.6. The number of hydrogen-bond donors (Lipinski definition) is 1. The van der Waals surface area contributed by atoms with Crippen LogP contribution in [0.4, 0.5) is 0 Å². The molecule has 2 aliphatic rings. The summed E-state index contributed by atoms with van der Waals surface area (Å²) in [5.74, 6) is 0.880. The van der Waals surface area contributed by atoms with Gasteiger partial charge in [0.1, 0.15) is 0 Å². The summed E-state index contributed by atoms with van der Waals surface area (Å²) in [6, 6.07) is 10.1. The molecule has 1 aliphatic heterocycles. The van der Waals surface area contributed by atoms with Gasteiger partial charge in [-0.15, -0.1) is 12.4 Å². The van der Waals surface area contributed by atoms with E-state index in [4.69, 9.17) is 0 Å². The average molecular weight is 281 g/mol. The molecule has 1 aromatic rings. The molecule has 3 rings (SSSR count). The second-order valence-electron chi connectivity index (χ2n) is 5.85. The summed E-state index contributed by atoms with van der Waals surface area (Å²) in [6.07, 6.45) is 5.38. The fraction of sp³-hybridized carbons (Fsp3) is 0.625. The van der Waals surface area contributed by atoms with Gasteiger partial charge in [0, 0.05) is 12.6 Å². The molecule has 1 saturated carbocycles. The molecule has 19 heavy (non-hydrogen) atoms. The SMILES string of the molecule is CNC1CCN(Cc2ccc(C3CC3)cc2)CC1.Cl. The lowest BCUT2D eigenvalue weighted by Crippen LogP contribution is -2.40. The van der Waals surface area contributed by atoms with E-state index in [9.17, 15) is 0 Å². The van der Waals surface area contributed by atoms with Crippen LogP contribution < -0.4 is 5.32 Å². The van der Waals surface area contributed by atoms with Crippen LogP contribution in [0.3, 0.4) is 0 Å². The van der Waals surface area contributed by atoms with Crippen molar-refractivity contribution in [2.24, 2.45) is 0 Å². The fourth-order valence-corrected chi connectivity index (χ4v) is 2.95. The van der Waals surface area contributed by atoms with Gasteiger partial charge < -0.3 is 5.32 Å². The number of hydrogen-bond acceptors (Lipinski definition) is 2. The maximum Gasteiger partial charge on any atom is 0.0233 e. The minimum Gasteiger partial charge on any atom is -0.317 e. The number of piperidine rings is 1. The molecule has 0 radical (unpaired) electrons. The Morgan fingerprint density at radius 2 is 1.68 bits per heavy atom. The zero-order valence-electron chi connectivity index (χ0n) is 11.8. The Morgan fingerprint density at radius 1 is 1.05 bits per heavy atom. The first-order valence-corrected chi connectivity index (χ1v) is 7.33. The molecular formula is C16H25ClN2. The van der Waals surface area contributed by atoms with Crippen LogP contribution in [0.25, 0.3) is 0 Å². The van der Waals surface area contributed by atoms with E-state index >= 15 is 0 Å². The molecule has 2 nitrogen and oxygen atoms in total. The van der Waals surface area contributed by atoms with Gasteiger partial charge in [-0.05, 0) is 62.9 Å².